The zero-order valence-corrected chi connectivity index (χ0v) is 12.9. The monoisotopic (exact) mass is 273 g/mol. The lowest BCUT2D eigenvalue weighted by Gasteiger charge is -2.33. The molecule has 0 bridgehead atoms. The molecule has 5 heteroatoms. The second-order valence-corrected chi connectivity index (χ2v) is 5.39. The number of nitrogens with zero attached hydrogens (tertiary/aromatic N) is 2. The van der Waals surface area contributed by atoms with Crippen molar-refractivity contribution in [2.75, 3.05) is 14.2 Å². The summed E-state index contributed by atoms with van der Waals surface area (Å²) in [7, 11) is 3.67. The highest BCUT2D eigenvalue weighted by atomic mass is 35.5. The van der Waals surface area contributed by atoms with Gasteiger partial charge in [-0.1, -0.05) is 11.6 Å². The van der Waals surface area contributed by atoms with E-state index < -0.39 is 0 Å². The zero-order valence-electron chi connectivity index (χ0n) is 12.2. The molecule has 1 N–H and O–H groups in total. The number of aryl methyl sites for hydroxylation is 2. The van der Waals surface area contributed by atoms with E-state index in [-0.39, 0.29) is 11.6 Å². The van der Waals surface area contributed by atoms with Crippen molar-refractivity contribution < 1.29 is 4.74 Å². The van der Waals surface area contributed by atoms with Gasteiger partial charge < -0.3 is 10.1 Å². The molecule has 1 rings (SSSR count). The second kappa shape index (κ2) is 6.04. The van der Waals surface area contributed by atoms with Crippen LogP contribution < -0.4 is 5.32 Å². The van der Waals surface area contributed by atoms with Crippen LogP contribution in [0.15, 0.2) is 0 Å². The molecule has 0 saturated carbocycles. The average Bonchev–Trinajstić information content (AvgIpc) is 2.62. The molecule has 0 radical (unpaired) electrons. The Morgan fingerprint density at radius 2 is 2.11 bits per heavy atom. The number of aromatic nitrogens is 2. The van der Waals surface area contributed by atoms with Gasteiger partial charge in [-0.2, -0.15) is 5.10 Å². The quantitative estimate of drug-likeness (QED) is 0.865. The van der Waals surface area contributed by atoms with Gasteiger partial charge in [-0.05, 0) is 34.7 Å². The van der Waals surface area contributed by atoms with Crippen molar-refractivity contribution in [2.24, 2.45) is 0 Å². The van der Waals surface area contributed by atoms with Crippen LogP contribution in [-0.4, -0.2) is 35.6 Å². The summed E-state index contributed by atoms with van der Waals surface area (Å²) < 4.78 is 7.51. The Hall–Kier alpha value is -0.580. The van der Waals surface area contributed by atoms with E-state index in [0.717, 1.165) is 29.4 Å². The van der Waals surface area contributed by atoms with Crippen molar-refractivity contribution in [1.29, 1.82) is 0 Å². The third kappa shape index (κ3) is 3.05. The summed E-state index contributed by atoms with van der Waals surface area (Å²) in [5.74, 6) is 0. The fourth-order valence-corrected chi connectivity index (χ4v) is 2.31. The predicted octanol–water partition coefficient (Wildman–Crippen LogP) is 2.42. The van der Waals surface area contributed by atoms with E-state index >= 15 is 0 Å². The number of nitrogens with one attached hydrogen (secondary N) is 1. The molecule has 18 heavy (non-hydrogen) atoms. The molecule has 0 saturated heterocycles. The number of hydrogen-bond acceptors (Lipinski definition) is 3. The van der Waals surface area contributed by atoms with E-state index in [4.69, 9.17) is 16.3 Å². The highest BCUT2D eigenvalue weighted by molar-refractivity contribution is 6.31. The average molecular weight is 274 g/mol. The van der Waals surface area contributed by atoms with Crippen molar-refractivity contribution in [3.05, 3.63) is 16.4 Å². The van der Waals surface area contributed by atoms with Crippen LogP contribution in [0.3, 0.4) is 0 Å². The molecule has 0 aromatic carbocycles. The van der Waals surface area contributed by atoms with Crippen LogP contribution in [0, 0.1) is 6.92 Å². The number of hydrogen-bond donors (Lipinski definition) is 1. The Bertz CT molecular complexity index is 401. The van der Waals surface area contributed by atoms with E-state index in [2.05, 4.69) is 31.2 Å². The van der Waals surface area contributed by atoms with E-state index in [9.17, 15) is 0 Å². The first-order valence-electron chi connectivity index (χ1n) is 6.31. The number of likely N-dealkylation sites (N-methyl/N-ethyl adjacent to an activating group) is 1. The molecule has 104 valence electrons. The summed E-state index contributed by atoms with van der Waals surface area (Å²) in [6.45, 7) is 8.98. The lowest BCUT2D eigenvalue weighted by Crippen LogP contribution is -2.48. The molecule has 0 amide bonds. The topological polar surface area (TPSA) is 39.1 Å². The largest absolute Gasteiger partial charge is 0.377 e. The highest BCUT2D eigenvalue weighted by Crippen LogP contribution is 2.25. The molecule has 1 heterocycles. The molecule has 0 aliphatic heterocycles. The highest BCUT2D eigenvalue weighted by Gasteiger charge is 2.30. The fourth-order valence-electron chi connectivity index (χ4n) is 2.10. The Morgan fingerprint density at radius 3 is 2.56 bits per heavy atom. The summed E-state index contributed by atoms with van der Waals surface area (Å²) in [5, 5.41) is 8.51. The molecule has 1 aromatic rings. The lowest BCUT2D eigenvalue weighted by atomic mass is 9.94. The van der Waals surface area contributed by atoms with Crippen molar-refractivity contribution in [1.82, 2.24) is 15.1 Å². The van der Waals surface area contributed by atoms with Crippen LogP contribution in [0.4, 0.5) is 0 Å². The number of methoxy groups -OCH3 is 1. The second-order valence-electron chi connectivity index (χ2n) is 5.01. The molecule has 1 aromatic heterocycles. The van der Waals surface area contributed by atoms with E-state index in [1.165, 1.54) is 0 Å². The normalized spacial score (nSPS) is 13.9. The summed E-state index contributed by atoms with van der Waals surface area (Å²) in [5.41, 5.74) is 1.70. The number of halogens is 1. The Kier molecular flexibility index (Phi) is 5.20. The molecular formula is C13H24ClN3O. The number of ether oxygens (including phenoxy) is 1. The van der Waals surface area contributed by atoms with Gasteiger partial charge in [0.2, 0.25) is 0 Å². The molecule has 0 aliphatic rings. The predicted molar refractivity (Wildman–Crippen MR) is 75.3 cm³/mol. The van der Waals surface area contributed by atoms with Crippen molar-refractivity contribution in [3.63, 3.8) is 0 Å². The van der Waals surface area contributed by atoms with E-state index in [1.54, 1.807) is 7.11 Å². The maximum atomic E-state index is 6.34. The van der Waals surface area contributed by atoms with Crippen molar-refractivity contribution >= 4 is 11.6 Å². The van der Waals surface area contributed by atoms with Gasteiger partial charge in [-0.15, -0.1) is 0 Å². The molecule has 4 nitrogen and oxygen atoms in total. The van der Waals surface area contributed by atoms with Crippen LogP contribution in [0.2, 0.25) is 5.02 Å². The molecule has 0 spiro atoms. The summed E-state index contributed by atoms with van der Waals surface area (Å²) in [6, 6.07) is 0.182. The molecule has 1 atom stereocenters. The summed E-state index contributed by atoms with van der Waals surface area (Å²) in [4.78, 5) is 0. The van der Waals surface area contributed by atoms with Crippen LogP contribution in [0.5, 0.6) is 0 Å². The van der Waals surface area contributed by atoms with Gasteiger partial charge in [0.15, 0.2) is 0 Å². The fraction of sp³-hybridized carbons (Fsp3) is 0.769. The molecular weight excluding hydrogens is 250 g/mol. The Morgan fingerprint density at radius 1 is 1.50 bits per heavy atom. The third-order valence-electron chi connectivity index (χ3n) is 3.56. The standard InChI is InChI=1S/C13H24ClN3O/c1-7-17-10(12(14)9(2)16-17)8-11(15-5)13(3,4)18-6/h11,15H,7-8H2,1-6H3. The summed E-state index contributed by atoms with van der Waals surface area (Å²) in [6.07, 6.45) is 0.796. The maximum absolute atomic E-state index is 6.34. The van der Waals surface area contributed by atoms with Crippen LogP contribution >= 0.6 is 11.6 Å². The van der Waals surface area contributed by atoms with Crippen LogP contribution in [0.1, 0.15) is 32.2 Å². The van der Waals surface area contributed by atoms with Gasteiger partial charge in [0.05, 0.1) is 22.0 Å². The Balaban J connectivity index is 3.02. The molecule has 0 aliphatic carbocycles. The summed E-state index contributed by atoms with van der Waals surface area (Å²) >= 11 is 6.34. The van der Waals surface area contributed by atoms with Crippen molar-refractivity contribution in [2.45, 2.75) is 52.3 Å². The minimum Gasteiger partial charge on any atom is -0.377 e. The smallest absolute Gasteiger partial charge is 0.0847 e. The van der Waals surface area contributed by atoms with Gasteiger partial charge in [-0.25, -0.2) is 0 Å². The van der Waals surface area contributed by atoms with Gasteiger partial charge in [0, 0.05) is 26.1 Å². The van der Waals surface area contributed by atoms with Gasteiger partial charge >= 0.3 is 0 Å². The SMILES string of the molecule is CCn1nc(C)c(Cl)c1CC(NC)C(C)(C)OC. The van der Waals surface area contributed by atoms with Gasteiger partial charge in [-0.3, -0.25) is 4.68 Å². The van der Waals surface area contributed by atoms with Gasteiger partial charge in [0.25, 0.3) is 0 Å². The molecule has 1 unspecified atom stereocenters. The lowest BCUT2D eigenvalue weighted by molar-refractivity contribution is -0.00845. The number of rotatable bonds is 6. The Labute approximate surface area is 115 Å². The first-order valence-corrected chi connectivity index (χ1v) is 6.69. The van der Waals surface area contributed by atoms with Crippen molar-refractivity contribution in [3.8, 4) is 0 Å². The van der Waals surface area contributed by atoms with Crippen LogP contribution in [0.25, 0.3) is 0 Å². The zero-order chi connectivity index (χ0) is 13.9. The van der Waals surface area contributed by atoms with Gasteiger partial charge in [0.1, 0.15) is 0 Å². The minimum atomic E-state index is -0.255. The van der Waals surface area contributed by atoms with E-state index in [0.29, 0.717) is 0 Å². The maximum Gasteiger partial charge on any atom is 0.0847 e. The minimum absolute atomic E-state index is 0.182. The first kappa shape index (κ1) is 15.5. The van der Waals surface area contributed by atoms with Crippen LogP contribution in [-0.2, 0) is 17.7 Å². The first-order chi connectivity index (χ1) is 8.37. The van der Waals surface area contributed by atoms with E-state index in [1.807, 2.05) is 18.7 Å². The molecule has 0 fully saturated rings. The third-order valence-corrected chi connectivity index (χ3v) is 4.06.